The van der Waals surface area contributed by atoms with Crippen LogP contribution in [0.5, 0.6) is 0 Å². The lowest BCUT2D eigenvalue weighted by Gasteiger charge is -2.20. The molecule has 2 aromatic rings. The van der Waals surface area contributed by atoms with Gasteiger partial charge in [-0.3, -0.25) is 4.79 Å². The Hall–Kier alpha value is -0.650. The minimum absolute atomic E-state index is 0.609. The van der Waals surface area contributed by atoms with Crippen molar-refractivity contribution >= 4 is 75.0 Å². The number of thiophene rings is 1. The molecule has 0 saturated heterocycles. The van der Waals surface area contributed by atoms with Gasteiger partial charge in [0.2, 0.25) is 0 Å². The van der Waals surface area contributed by atoms with Crippen molar-refractivity contribution in [3.63, 3.8) is 0 Å². The standard InChI is InChI=1S/C15H14Cl4N2OS/c1-9-7-10(21(2)8-11-4-6-13(16)23-11)3-5-12(9)20-14(22)15(17,18)19/h3-7H,8H2,1-2H3,(H,20,22). The molecule has 0 fully saturated rings. The summed E-state index contributed by atoms with van der Waals surface area (Å²) in [5.41, 5.74) is 2.50. The topological polar surface area (TPSA) is 32.3 Å². The van der Waals surface area contributed by atoms with Gasteiger partial charge >= 0.3 is 0 Å². The number of nitrogens with zero attached hydrogens (tertiary/aromatic N) is 1. The van der Waals surface area contributed by atoms with Crippen molar-refractivity contribution in [3.05, 3.63) is 45.1 Å². The Kier molecular flexibility index (Phi) is 6.09. The quantitative estimate of drug-likeness (QED) is 0.658. The third-order valence-corrected chi connectivity index (χ3v) is 4.91. The van der Waals surface area contributed by atoms with Crippen LogP contribution in [-0.4, -0.2) is 16.7 Å². The van der Waals surface area contributed by atoms with Gasteiger partial charge in [-0.15, -0.1) is 11.3 Å². The second-order valence-corrected chi connectivity index (χ2v) is 9.09. The smallest absolute Gasteiger partial charge is 0.276 e. The van der Waals surface area contributed by atoms with Gasteiger partial charge in [-0.05, 0) is 42.8 Å². The fourth-order valence-corrected chi connectivity index (χ4v) is 3.26. The Labute approximate surface area is 159 Å². The molecule has 1 heterocycles. The van der Waals surface area contributed by atoms with Crippen LogP contribution >= 0.6 is 57.7 Å². The zero-order chi connectivity index (χ0) is 17.2. The van der Waals surface area contributed by atoms with Crippen molar-refractivity contribution < 1.29 is 4.79 Å². The molecule has 0 spiro atoms. The van der Waals surface area contributed by atoms with Gasteiger partial charge < -0.3 is 10.2 Å². The number of nitrogens with one attached hydrogen (secondary N) is 1. The van der Waals surface area contributed by atoms with E-state index in [-0.39, 0.29) is 0 Å². The maximum atomic E-state index is 11.7. The molecule has 0 aliphatic rings. The van der Waals surface area contributed by atoms with Crippen LogP contribution < -0.4 is 10.2 Å². The van der Waals surface area contributed by atoms with Crippen LogP contribution in [0.1, 0.15) is 10.4 Å². The van der Waals surface area contributed by atoms with E-state index >= 15 is 0 Å². The van der Waals surface area contributed by atoms with Crippen LogP contribution in [0, 0.1) is 6.92 Å². The van der Waals surface area contributed by atoms with Crippen LogP contribution in [-0.2, 0) is 11.3 Å². The Balaban J connectivity index is 2.10. The summed E-state index contributed by atoms with van der Waals surface area (Å²) in [7, 11) is 1.99. The number of benzene rings is 1. The number of rotatable bonds is 4. The highest BCUT2D eigenvalue weighted by Crippen LogP contribution is 2.30. The normalized spacial score (nSPS) is 11.4. The Morgan fingerprint density at radius 3 is 2.48 bits per heavy atom. The molecular formula is C15H14Cl4N2OS. The van der Waals surface area contributed by atoms with Gasteiger partial charge in [-0.25, -0.2) is 0 Å². The van der Waals surface area contributed by atoms with E-state index in [1.807, 2.05) is 38.2 Å². The van der Waals surface area contributed by atoms with Crippen molar-refractivity contribution in [2.45, 2.75) is 17.3 Å². The third kappa shape index (κ3) is 5.16. The summed E-state index contributed by atoms with van der Waals surface area (Å²) < 4.78 is -1.21. The van der Waals surface area contributed by atoms with E-state index in [9.17, 15) is 4.79 Å². The fourth-order valence-electron chi connectivity index (χ4n) is 1.98. The summed E-state index contributed by atoms with van der Waals surface area (Å²) in [6.07, 6.45) is 0. The maximum absolute atomic E-state index is 11.7. The number of carbonyl (C=O) groups excluding carboxylic acids is 1. The third-order valence-electron chi connectivity index (χ3n) is 3.18. The number of carbonyl (C=O) groups is 1. The Morgan fingerprint density at radius 1 is 1.26 bits per heavy atom. The number of alkyl halides is 3. The van der Waals surface area contributed by atoms with E-state index in [1.165, 1.54) is 4.88 Å². The molecule has 1 amide bonds. The average molecular weight is 412 g/mol. The van der Waals surface area contributed by atoms with Gasteiger partial charge in [-0.2, -0.15) is 0 Å². The largest absolute Gasteiger partial charge is 0.369 e. The second-order valence-electron chi connectivity index (χ2n) is 5.01. The van der Waals surface area contributed by atoms with Gasteiger partial charge in [-0.1, -0.05) is 46.4 Å². The van der Waals surface area contributed by atoms with E-state index in [4.69, 9.17) is 46.4 Å². The predicted octanol–water partition coefficient (Wildman–Crippen LogP) is 5.66. The van der Waals surface area contributed by atoms with Crippen molar-refractivity contribution in [1.82, 2.24) is 0 Å². The molecule has 3 nitrogen and oxygen atoms in total. The molecule has 0 aliphatic heterocycles. The first-order valence-corrected chi connectivity index (χ1v) is 8.94. The van der Waals surface area contributed by atoms with Crippen LogP contribution in [0.15, 0.2) is 30.3 Å². The first-order valence-electron chi connectivity index (χ1n) is 6.61. The Bertz CT molecular complexity index is 712. The first kappa shape index (κ1) is 18.7. The number of aryl methyl sites for hydroxylation is 1. The summed E-state index contributed by atoms with van der Waals surface area (Å²) in [6, 6.07) is 9.54. The minimum Gasteiger partial charge on any atom is -0.369 e. The number of hydrogen-bond donors (Lipinski definition) is 1. The first-order chi connectivity index (χ1) is 10.7. The van der Waals surface area contributed by atoms with E-state index in [2.05, 4.69) is 10.2 Å². The van der Waals surface area contributed by atoms with Crippen LogP contribution in [0.25, 0.3) is 0 Å². The van der Waals surface area contributed by atoms with Gasteiger partial charge in [0.25, 0.3) is 9.70 Å². The molecule has 0 radical (unpaired) electrons. The number of anilines is 2. The maximum Gasteiger partial charge on any atom is 0.276 e. The van der Waals surface area contributed by atoms with E-state index in [1.54, 1.807) is 17.4 Å². The predicted molar refractivity (Wildman–Crippen MR) is 102 cm³/mol. The molecule has 8 heteroatoms. The summed E-state index contributed by atoms with van der Waals surface area (Å²) in [5, 5.41) is 2.60. The Morgan fingerprint density at radius 2 is 1.96 bits per heavy atom. The van der Waals surface area contributed by atoms with E-state index in [0.717, 1.165) is 22.1 Å². The minimum atomic E-state index is -1.99. The second kappa shape index (κ2) is 7.49. The highest BCUT2D eigenvalue weighted by Gasteiger charge is 2.30. The molecule has 124 valence electrons. The van der Waals surface area contributed by atoms with Crippen molar-refractivity contribution in [3.8, 4) is 0 Å². The fraction of sp³-hybridized carbons (Fsp3) is 0.267. The summed E-state index contributed by atoms with van der Waals surface area (Å²) >= 11 is 24.2. The lowest BCUT2D eigenvalue weighted by atomic mass is 10.1. The molecule has 0 atom stereocenters. The highest BCUT2D eigenvalue weighted by atomic mass is 35.6. The van der Waals surface area contributed by atoms with Gasteiger partial charge in [0.1, 0.15) is 0 Å². The zero-order valence-corrected chi connectivity index (χ0v) is 16.2. The number of halogens is 4. The summed E-state index contributed by atoms with van der Waals surface area (Å²) in [4.78, 5) is 15.0. The summed E-state index contributed by atoms with van der Waals surface area (Å²) in [5.74, 6) is -0.681. The molecule has 2 rings (SSSR count). The molecule has 23 heavy (non-hydrogen) atoms. The van der Waals surface area contributed by atoms with Gasteiger partial charge in [0, 0.05) is 23.3 Å². The lowest BCUT2D eigenvalue weighted by Crippen LogP contribution is -2.27. The van der Waals surface area contributed by atoms with Crippen molar-refractivity contribution in [1.29, 1.82) is 0 Å². The van der Waals surface area contributed by atoms with Gasteiger partial charge in [0.05, 0.1) is 10.9 Å². The van der Waals surface area contributed by atoms with E-state index in [0.29, 0.717) is 5.69 Å². The monoisotopic (exact) mass is 410 g/mol. The number of amides is 1. The van der Waals surface area contributed by atoms with Crippen LogP contribution in [0.3, 0.4) is 0 Å². The molecular weight excluding hydrogens is 398 g/mol. The molecule has 0 aliphatic carbocycles. The van der Waals surface area contributed by atoms with E-state index < -0.39 is 9.70 Å². The molecule has 0 saturated carbocycles. The molecule has 0 unspecified atom stereocenters. The van der Waals surface area contributed by atoms with Crippen LogP contribution in [0.2, 0.25) is 4.34 Å². The molecule has 1 N–H and O–H groups in total. The van der Waals surface area contributed by atoms with Crippen molar-refractivity contribution in [2.75, 3.05) is 17.3 Å². The molecule has 0 bridgehead atoms. The average Bonchev–Trinajstić information content (AvgIpc) is 2.85. The lowest BCUT2D eigenvalue weighted by molar-refractivity contribution is -0.115. The number of hydrogen-bond acceptors (Lipinski definition) is 3. The van der Waals surface area contributed by atoms with Crippen LogP contribution in [0.4, 0.5) is 11.4 Å². The zero-order valence-electron chi connectivity index (χ0n) is 12.4. The van der Waals surface area contributed by atoms with Crippen molar-refractivity contribution in [2.24, 2.45) is 0 Å². The molecule has 1 aromatic heterocycles. The van der Waals surface area contributed by atoms with Gasteiger partial charge in [0.15, 0.2) is 0 Å². The highest BCUT2D eigenvalue weighted by molar-refractivity contribution is 7.16. The SMILES string of the molecule is Cc1cc(N(C)Cc2ccc(Cl)s2)ccc1NC(=O)C(Cl)(Cl)Cl. The molecule has 1 aromatic carbocycles. The summed E-state index contributed by atoms with van der Waals surface area (Å²) in [6.45, 7) is 2.63.